The first-order valence-electron chi connectivity index (χ1n) is 11.2. The summed E-state index contributed by atoms with van der Waals surface area (Å²) in [4.78, 5) is 12.9. The lowest BCUT2D eigenvalue weighted by Gasteiger charge is -2.24. The van der Waals surface area contributed by atoms with Crippen LogP contribution in [-0.4, -0.2) is 29.3 Å². The van der Waals surface area contributed by atoms with E-state index >= 15 is 0 Å². The molecular formula is C26H20Cl2IN3O5S2. The third-order valence-corrected chi connectivity index (χ3v) is 10.1. The number of halogens is 3. The lowest BCUT2D eigenvalue weighted by molar-refractivity contribution is -0.114. The minimum atomic E-state index is -4.05. The Kier molecular flexibility index (Phi) is 9.07. The van der Waals surface area contributed by atoms with E-state index in [1.165, 1.54) is 48.5 Å². The first kappa shape index (κ1) is 29.2. The van der Waals surface area contributed by atoms with Crippen molar-refractivity contribution in [3.05, 3.63) is 111 Å². The van der Waals surface area contributed by atoms with Crippen LogP contribution in [0.3, 0.4) is 0 Å². The maximum atomic E-state index is 13.4. The van der Waals surface area contributed by atoms with Gasteiger partial charge in [-0.05, 0) is 95.4 Å². The molecule has 0 aliphatic carbocycles. The monoisotopic (exact) mass is 715 g/mol. The van der Waals surface area contributed by atoms with Crippen molar-refractivity contribution in [2.45, 2.75) is 9.79 Å². The van der Waals surface area contributed by atoms with Crippen LogP contribution in [0.1, 0.15) is 0 Å². The van der Waals surface area contributed by atoms with Gasteiger partial charge in [-0.1, -0.05) is 47.5 Å². The van der Waals surface area contributed by atoms with Crippen LogP contribution >= 0.6 is 45.8 Å². The van der Waals surface area contributed by atoms with Crippen LogP contribution in [0.25, 0.3) is 0 Å². The number of amides is 1. The largest absolute Gasteiger partial charge is 0.325 e. The molecule has 0 bridgehead atoms. The molecule has 0 heterocycles. The summed E-state index contributed by atoms with van der Waals surface area (Å²) < 4.78 is 56.7. The van der Waals surface area contributed by atoms with Crippen LogP contribution in [0.2, 0.25) is 10.0 Å². The van der Waals surface area contributed by atoms with Crippen molar-refractivity contribution in [1.29, 1.82) is 0 Å². The van der Waals surface area contributed by atoms with Crippen LogP contribution in [0.4, 0.5) is 17.1 Å². The zero-order valence-electron chi connectivity index (χ0n) is 19.9. The molecule has 0 aliphatic rings. The van der Waals surface area contributed by atoms with Crippen LogP contribution in [0.5, 0.6) is 0 Å². The fraction of sp³-hybridized carbons (Fsp3) is 0.0385. The summed E-state index contributed by atoms with van der Waals surface area (Å²) in [6.45, 7) is -0.507. The average molecular weight is 716 g/mol. The molecule has 0 aromatic heterocycles. The van der Waals surface area contributed by atoms with Gasteiger partial charge in [0.15, 0.2) is 0 Å². The third kappa shape index (κ3) is 7.03. The lowest BCUT2D eigenvalue weighted by Crippen LogP contribution is -2.38. The van der Waals surface area contributed by atoms with Crippen molar-refractivity contribution in [3.8, 4) is 0 Å². The molecular weight excluding hydrogens is 696 g/mol. The van der Waals surface area contributed by atoms with Crippen molar-refractivity contribution in [1.82, 2.24) is 0 Å². The van der Waals surface area contributed by atoms with Crippen LogP contribution in [0, 0.1) is 3.57 Å². The van der Waals surface area contributed by atoms with E-state index in [0.29, 0.717) is 5.69 Å². The number of nitrogens with zero attached hydrogens (tertiary/aromatic N) is 1. The molecule has 0 saturated heterocycles. The quantitative estimate of drug-likeness (QED) is 0.200. The summed E-state index contributed by atoms with van der Waals surface area (Å²) >= 11 is 14.1. The van der Waals surface area contributed by atoms with Gasteiger partial charge < -0.3 is 5.32 Å². The summed E-state index contributed by atoms with van der Waals surface area (Å²) in [5, 5.41) is 2.88. The number of benzene rings is 4. The highest BCUT2D eigenvalue weighted by molar-refractivity contribution is 14.1. The second kappa shape index (κ2) is 12.1. The van der Waals surface area contributed by atoms with Gasteiger partial charge in [0.1, 0.15) is 6.54 Å². The molecule has 4 rings (SSSR count). The van der Waals surface area contributed by atoms with Crippen LogP contribution in [0.15, 0.2) is 107 Å². The summed E-state index contributed by atoms with van der Waals surface area (Å²) in [7, 11) is -8.05. The molecule has 202 valence electrons. The number of anilines is 3. The van der Waals surface area contributed by atoms with Gasteiger partial charge in [-0.25, -0.2) is 16.8 Å². The Labute approximate surface area is 250 Å². The third-order valence-electron chi connectivity index (χ3n) is 5.38. The van der Waals surface area contributed by atoms with Crippen LogP contribution in [-0.2, 0) is 24.8 Å². The van der Waals surface area contributed by atoms with Crippen molar-refractivity contribution in [2.75, 3.05) is 20.9 Å². The van der Waals surface area contributed by atoms with Gasteiger partial charge >= 0.3 is 0 Å². The number of hydrogen-bond acceptors (Lipinski definition) is 5. The molecule has 39 heavy (non-hydrogen) atoms. The zero-order chi connectivity index (χ0) is 28.2. The summed E-state index contributed by atoms with van der Waals surface area (Å²) in [5.74, 6) is -0.618. The van der Waals surface area contributed by atoms with Crippen molar-refractivity contribution in [2.24, 2.45) is 0 Å². The minimum Gasteiger partial charge on any atom is -0.325 e. The first-order chi connectivity index (χ1) is 18.5. The molecule has 4 aromatic rings. The maximum Gasteiger partial charge on any atom is 0.264 e. The van der Waals surface area contributed by atoms with Gasteiger partial charge in [0.05, 0.1) is 31.2 Å². The molecule has 1 amide bonds. The van der Waals surface area contributed by atoms with E-state index in [4.69, 9.17) is 23.2 Å². The van der Waals surface area contributed by atoms with Gasteiger partial charge in [0.2, 0.25) is 5.91 Å². The number of hydrogen-bond donors (Lipinski definition) is 2. The first-order valence-corrected chi connectivity index (χ1v) is 15.9. The number of carbonyl (C=O) groups is 1. The van der Waals surface area contributed by atoms with Gasteiger partial charge in [-0.3, -0.25) is 13.8 Å². The topological polar surface area (TPSA) is 113 Å². The van der Waals surface area contributed by atoms with E-state index in [2.05, 4.69) is 32.6 Å². The fourth-order valence-corrected chi connectivity index (χ4v) is 6.75. The number of carbonyl (C=O) groups excluding carboxylic acids is 1. The van der Waals surface area contributed by atoms with Gasteiger partial charge in [0, 0.05) is 9.26 Å². The standard InChI is InChI=1S/C26H20Cl2IN3O5S2/c27-23-7-4-8-24(26(23)28)31-38(34,35)21-15-11-19(12-16-21)30-25(33)17-32(20-13-9-18(29)10-14-20)39(36,37)22-5-2-1-3-6-22/h1-16,31H,17H2,(H,30,33). The van der Waals surface area contributed by atoms with Gasteiger partial charge in [-0.15, -0.1) is 0 Å². The highest BCUT2D eigenvalue weighted by Crippen LogP contribution is 2.31. The van der Waals surface area contributed by atoms with E-state index in [9.17, 15) is 21.6 Å². The second-order valence-electron chi connectivity index (χ2n) is 8.08. The predicted molar refractivity (Wildman–Crippen MR) is 162 cm³/mol. The Bertz CT molecular complexity index is 1700. The molecule has 4 aromatic carbocycles. The molecule has 0 aliphatic heterocycles. The fourth-order valence-electron chi connectivity index (χ4n) is 3.48. The Balaban J connectivity index is 1.52. The van der Waals surface area contributed by atoms with E-state index in [-0.39, 0.29) is 31.2 Å². The summed E-state index contributed by atoms with van der Waals surface area (Å²) in [6, 6.07) is 24.5. The summed E-state index contributed by atoms with van der Waals surface area (Å²) in [5.41, 5.74) is 0.720. The van der Waals surface area contributed by atoms with Gasteiger partial charge in [0.25, 0.3) is 20.0 Å². The van der Waals surface area contributed by atoms with Gasteiger partial charge in [-0.2, -0.15) is 0 Å². The predicted octanol–water partition coefficient (Wildman–Crippen LogP) is 6.23. The molecule has 0 spiro atoms. The Morgan fingerprint density at radius 1 is 0.769 bits per heavy atom. The van der Waals surface area contributed by atoms with Crippen molar-refractivity contribution >= 4 is 88.8 Å². The Hall–Kier alpha value is -2.84. The van der Waals surface area contributed by atoms with E-state index in [1.807, 2.05) is 0 Å². The average Bonchev–Trinajstić information content (AvgIpc) is 2.91. The molecule has 0 atom stereocenters. The Morgan fingerprint density at radius 3 is 2.05 bits per heavy atom. The molecule has 2 N–H and O–H groups in total. The molecule has 8 nitrogen and oxygen atoms in total. The smallest absolute Gasteiger partial charge is 0.264 e. The Morgan fingerprint density at radius 2 is 1.41 bits per heavy atom. The molecule has 0 saturated carbocycles. The number of nitrogens with one attached hydrogen (secondary N) is 2. The van der Waals surface area contributed by atoms with Crippen LogP contribution < -0.4 is 14.3 Å². The maximum absolute atomic E-state index is 13.4. The zero-order valence-corrected chi connectivity index (χ0v) is 25.2. The lowest BCUT2D eigenvalue weighted by atomic mass is 10.3. The SMILES string of the molecule is O=C(CN(c1ccc(I)cc1)S(=O)(=O)c1ccccc1)Nc1ccc(S(=O)(=O)Nc2cccc(Cl)c2Cl)cc1. The highest BCUT2D eigenvalue weighted by atomic mass is 127. The van der Waals surface area contributed by atoms with E-state index in [0.717, 1.165) is 7.88 Å². The molecule has 0 unspecified atom stereocenters. The second-order valence-corrected chi connectivity index (χ2v) is 13.7. The number of rotatable bonds is 9. The minimum absolute atomic E-state index is 0.0400. The van der Waals surface area contributed by atoms with E-state index in [1.54, 1.807) is 48.5 Å². The van der Waals surface area contributed by atoms with Crippen molar-refractivity contribution in [3.63, 3.8) is 0 Å². The highest BCUT2D eigenvalue weighted by Gasteiger charge is 2.27. The normalized spacial score (nSPS) is 11.6. The molecule has 13 heteroatoms. The summed E-state index contributed by atoms with van der Waals surface area (Å²) in [6.07, 6.45) is 0. The molecule has 0 radical (unpaired) electrons. The number of sulfonamides is 2. The molecule has 0 fully saturated rings. The van der Waals surface area contributed by atoms with E-state index < -0.39 is 32.5 Å². The van der Waals surface area contributed by atoms with Crippen molar-refractivity contribution < 1.29 is 21.6 Å².